The Labute approximate surface area is 152 Å². The average Bonchev–Trinajstić information content (AvgIpc) is 2.61. The Morgan fingerprint density at radius 1 is 1.19 bits per heavy atom. The van der Waals surface area contributed by atoms with Crippen LogP contribution in [-0.4, -0.2) is 38.3 Å². The predicted octanol–water partition coefficient (Wildman–Crippen LogP) is 1.97. The van der Waals surface area contributed by atoms with E-state index in [1.165, 1.54) is 19.2 Å². The smallest absolute Gasteiger partial charge is 0.319 e. The molecule has 1 aromatic carbocycles. The van der Waals surface area contributed by atoms with Crippen LogP contribution in [-0.2, 0) is 29.0 Å². The van der Waals surface area contributed by atoms with Gasteiger partial charge in [-0.2, -0.15) is 0 Å². The maximum atomic E-state index is 13.2. The van der Waals surface area contributed by atoms with Gasteiger partial charge in [0.2, 0.25) is 0 Å². The summed E-state index contributed by atoms with van der Waals surface area (Å²) >= 11 is 0. The number of ketones is 2. The second kappa shape index (κ2) is 6.61. The Morgan fingerprint density at radius 2 is 1.85 bits per heavy atom. The van der Waals surface area contributed by atoms with Crippen LogP contribution in [0.2, 0.25) is 0 Å². The van der Waals surface area contributed by atoms with Crippen molar-refractivity contribution in [3.8, 4) is 0 Å². The van der Waals surface area contributed by atoms with Gasteiger partial charge in [0, 0.05) is 18.8 Å². The summed E-state index contributed by atoms with van der Waals surface area (Å²) in [5, 5.41) is -1.40. The fourth-order valence-corrected chi connectivity index (χ4v) is 6.79. The summed E-state index contributed by atoms with van der Waals surface area (Å²) in [6.45, 7) is 1.66. The largest absolute Gasteiger partial charge is 0.468 e. The zero-order valence-electron chi connectivity index (χ0n) is 14.8. The van der Waals surface area contributed by atoms with E-state index in [2.05, 4.69) is 0 Å². The number of esters is 1. The van der Waals surface area contributed by atoms with E-state index in [4.69, 9.17) is 4.74 Å². The summed E-state index contributed by atoms with van der Waals surface area (Å²) < 4.78 is 31.4. The first-order chi connectivity index (χ1) is 12.3. The van der Waals surface area contributed by atoms with Crippen molar-refractivity contribution in [1.82, 2.24) is 0 Å². The Bertz CT molecular complexity index is 834. The van der Waals surface area contributed by atoms with Gasteiger partial charge in [-0.1, -0.05) is 25.1 Å². The molecule has 0 radical (unpaired) electrons. The minimum atomic E-state index is -4.02. The molecular formula is C19H22O6S. The minimum absolute atomic E-state index is 0.0321. The molecule has 2 aliphatic carbocycles. The minimum Gasteiger partial charge on any atom is -0.468 e. The molecule has 2 saturated carbocycles. The summed E-state index contributed by atoms with van der Waals surface area (Å²) in [5.41, 5.74) is -1.56. The summed E-state index contributed by atoms with van der Waals surface area (Å²) in [7, 11) is -2.82. The van der Waals surface area contributed by atoms with Crippen molar-refractivity contribution in [1.29, 1.82) is 0 Å². The third-order valence-corrected chi connectivity index (χ3v) is 8.05. The fourth-order valence-electron chi connectivity index (χ4n) is 4.74. The molecule has 4 atom stereocenters. The van der Waals surface area contributed by atoms with Crippen molar-refractivity contribution >= 4 is 27.4 Å². The van der Waals surface area contributed by atoms with Gasteiger partial charge in [-0.15, -0.1) is 0 Å². The highest BCUT2D eigenvalue weighted by atomic mass is 32.2. The Kier molecular flexibility index (Phi) is 4.77. The van der Waals surface area contributed by atoms with Crippen molar-refractivity contribution in [2.75, 3.05) is 7.11 Å². The van der Waals surface area contributed by atoms with E-state index in [1.807, 2.05) is 0 Å². The molecule has 7 heteroatoms. The summed E-state index contributed by atoms with van der Waals surface area (Å²) in [4.78, 5) is 38.4. The van der Waals surface area contributed by atoms with Gasteiger partial charge in [0.25, 0.3) is 0 Å². The maximum Gasteiger partial charge on any atom is 0.319 e. The number of carbonyl (C=O) groups is 3. The molecule has 0 aliphatic heterocycles. The molecule has 0 N–H and O–H groups in total. The molecule has 2 aliphatic rings. The van der Waals surface area contributed by atoms with E-state index in [9.17, 15) is 22.8 Å². The summed E-state index contributed by atoms with van der Waals surface area (Å²) in [6, 6.07) is 7.73. The molecule has 0 bridgehead atoms. The van der Waals surface area contributed by atoms with Crippen LogP contribution in [0.5, 0.6) is 0 Å². The highest BCUT2D eigenvalue weighted by molar-refractivity contribution is 7.92. The van der Waals surface area contributed by atoms with Crippen LogP contribution in [0.3, 0.4) is 0 Å². The van der Waals surface area contributed by atoms with Crippen LogP contribution in [0.1, 0.15) is 32.6 Å². The Balaban J connectivity index is 2.19. The zero-order chi connectivity index (χ0) is 19.1. The van der Waals surface area contributed by atoms with Gasteiger partial charge < -0.3 is 4.74 Å². The van der Waals surface area contributed by atoms with E-state index >= 15 is 0 Å². The molecule has 0 spiro atoms. The Morgan fingerprint density at radius 3 is 2.46 bits per heavy atom. The number of carbonyl (C=O) groups excluding carboxylic acids is 3. The quantitative estimate of drug-likeness (QED) is 0.589. The summed E-state index contributed by atoms with van der Waals surface area (Å²) in [6.07, 6.45) is 0.854. The van der Waals surface area contributed by atoms with Crippen LogP contribution in [0.25, 0.3) is 0 Å². The van der Waals surface area contributed by atoms with Crippen molar-refractivity contribution in [3.05, 3.63) is 30.3 Å². The predicted molar refractivity (Wildman–Crippen MR) is 93.0 cm³/mol. The van der Waals surface area contributed by atoms with Gasteiger partial charge in [0.05, 0.1) is 12.0 Å². The molecule has 1 aromatic rings. The van der Waals surface area contributed by atoms with Gasteiger partial charge in [0.15, 0.2) is 21.4 Å². The molecule has 0 aromatic heterocycles. The highest BCUT2D eigenvalue weighted by Crippen LogP contribution is 2.53. The standard InChI is InChI=1S/C19H22O6S/c1-12-11-15(20)17(26(23,24)13-7-4-3-5-8-13)14-9-6-10-16(21)19(12,14)18(22)25-2/h3-5,7-8,12,14,17H,6,9-11H2,1-2H3/t12-,14+,17?,19+/m1/s1. The summed E-state index contributed by atoms with van der Waals surface area (Å²) in [5.74, 6) is -2.94. The SMILES string of the molecule is COC(=O)[C@]12C(=O)CCC[C@H]1C(S(=O)(=O)c1ccccc1)C(=O)C[C@H]2C. The lowest BCUT2D eigenvalue weighted by atomic mass is 9.54. The normalized spacial score (nSPS) is 32.0. The van der Waals surface area contributed by atoms with Crippen molar-refractivity contribution < 1.29 is 27.5 Å². The molecule has 3 rings (SSSR count). The third kappa shape index (κ3) is 2.52. The molecule has 0 amide bonds. The number of Topliss-reactive ketones (excluding diaryl/α,β-unsaturated/α-hetero) is 2. The lowest BCUT2D eigenvalue weighted by Crippen LogP contribution is -2.63. The molecule has 0 heterocycles. The molecule has 0 saturated heterocycles. The topological polar surface area (TPSA) is 94.6 Å². The van der Waals surface area contributed by atoms with Gasteiger partial charge in [-0.3, -0.25) is 14.4 Å². The van der Waals surface area contributed by atoms with E-state index in [0.29, 0.717) is 12.8 Å². The molecular weight excluding hydrogens is 356 g/mol. The lowest BCUT2D eigenvalue weighted by Gasteiger charge is -2.49. The van der Waals surface area contributed by atoms with E-state index in [-0.39, 0.29) is 23.5 Å². The number of sulfone groups is 1. The van der Waals surface area contributed by atoms with Gasteiger partial charge in [-0.25, -0.2) is 8.42 Å². The monoisotopic (exact) mass is 378 g/mol. The first-order valence-corrected chi connectivity index (χ1v) is 10.3. The van der Waals surface area contributed by atoms with Crippen LogP contribution in [0.4, 0.5) is 0 Å². The second-order valence-electron chi connectivity index (χ2n) is 7.13. The number of rotatable bonds is 3. The van der Waals surface area contributed by atoms with Gasteiger partial charge in [0.1, 0.15) is 10.7 Å². The molecule has 6 nitrogen and oxygen atoms in total. The molecule has 140 valence electrons. The van der Waals surface area contributed by atoms with Gasteiger partial charge >= 0.3 is 5.97 Å². The molecule has 26 heavy (non-hydrogen) atoms. The average molecular weight is 378 g/mol. The van der Waals surface area contributed by atoms with Crippen LogP contribution < -0.4 is 0 Å². The van der Waals surface area contributed by atoms with Crippen molar-refractivity contribution in [2.24, 2.45) is 17.3 Å². The number of hydrogen-bond donors (Lipinski definition) is 0. The van der Waals surface area contributed by atoms with Crippen molar-refractivity contribution in [2.45, 2.75) is 42.8 Å². The fraction of sp³-hybridized carbons (Fsp3) is 0.526. The highest BCUT2D eigenvalue weighted by Gasteiger charge is 2.65. The second-order valence-corrected chi connectivity index (χ2v) is 9.20. The number of hydrogen-bond acceptors (Lipinski definition) is 6. The number of fused-ring (bicyclic) bond motifs is 1. The van der Waals surface area contributed by atoms with Crippen molar-refractivity contribution in [3.63, 3.8) is 0 Å². The lowest BCUT2D eigenvalue weighted by molar-refractivity contribution is -0.173. The molecule has 2 fully saturated rings. The molecule has 1 unspecified atom stereocenters. The first kappa shape index (κ1) is 18.8. The van der Waals surface area contributed by atoms with E-state index in [1.54, 1.807) is 25.1 Å². The van der Waals surface area contributed by atoms with Crippen LogP contribution in [0.15, 0.2) is 35.2 Å². The van der Waals surface area contributed by atoms with Gasteiger partial charge in [-0.05, 0) is 30.9 Å². The Hall–Kier alpha value is -2.02. The maximum absolute atomic E-state index is 13.2. The van der Waals surface area contributed by atoms with Crippen LogP contribution >= 0.6 is 0 Å². The van der Waals surface area contributed by atoms with E-state index in [0.717, 1.165) is 0 Å². The number of ether oxygens (including phenoxy) is 1. The third-order valence-electron chi connectivity index (χ3n) is 5.86. The first-order valence-electron chi connectivity index (χ1n) is 8.71. The van der Waals surface area contributed by atoms with E-state index < -0.39 is 44.1 Å². The van der Waals surface area contributed by atoms with Crippen LogP contribution in [0, 0.1) is 17.3 Å². The zero-order valence-corrected chi connectivity index (χ0v) is 15.6. The number of benzene rings is 1. The number of methoxy groups -OCH3 is 1.